The van der Waals surface area contributed by atoms with Crippen LogP contribution in [0.25, 0.3) is 0 Å². The monoisotopic (exact) mass is 297 g/mol. The van der Waals surface area contributed by atoms with E-state index in [1.807, 2.05) is 16.7 Å². The van der Waals surface area contributed by atoms with Crippen LogP contribution in [0.3, 0.4) is 0 Å². The number of carbonyl (C=O) groups is 2. The lowest BCUT2D eigenvalue weighted by Gasteiger charge is -2.30. The van der Waals surface area contributed by atoms with Crippen molar-refractivity contribution >= 4 is 11.8 Å². The highest BCUT2D eigenvalue weighted by Gasteiger charge is 2.22. The zero-order valence-electron chi connectivity index (χ0n) is 13.0. The van der Waals surface area contributed by atoms with Gasteiger partial charge >= 0.3 is 0 Å². The van der Waals surface area contributed by atoms with Crippen molar-refractivity contribution in [2.45, 2.75) is 38.6 Å². The van der Waals surface area contributed by atoms with Crippen LogP contribution in [0.4, 0.5) is 0 Å². The van der Waals surface area contributed by atoms with Crippen LogP contribution in [-0.4, -0.2) is 73.6 Å². The number of morpholine rings is 1. The smallest absolute Gasteiger partial charge is 0.239 e. The standard InChI is InChI=1S/C15H27N3O3/c1-13(15(20)18-9-11-21-12-10-18)16-6-5-14(19)17-7-3-2-4-8-17/h13,16H,2-12H2,1H3. The van der Waals surface area contributed by atoms with Gasteiger partial charge in [0.25, 0.3) is 0 Å². The Morgan fingerprint density at radius 3 is 2.38 bits per heavy atom. The Bertz CT molecular complexity index is 350. The minimum atomic E-state index is -0.239. The molecule has 0 saturated carbocycles. The normalized spacial score (nSPS) is 21.2. The molecule has 6 nitrogen and oxygen atoms in total. The lowest BCUT2D eigenvalue weighted by molar-refractivity contribution is -0.137. The maximum atomic E-state index is 12.2. The largest absolute Gasteiger partial charge is 0.378 e. The lowest BCUT2D eigenvalue weighted by Crippen LogP contribution is -2.49. The molecule has 1 unspecified atom stereocenters. The van der Waals surface area contributed by atoms with Gasteiger partial charge in [-0.2, -0.15) is 0 Å². The van der Waals surface area contributed by atoms with Crippen molar-refractivity contribution in [3.8, 4) is 0 Å². The number of rotatable bonds is 5. The van der Waals surface area contributed by atoms with E-state index in [9.17, 15) is 9.59 Å². The van der Waals surface area contributed by atoms with E-state index >= 15 is 0 Å². The van der Waals surface area contributed by atoms with E-state index in [-0.39, 0.29) is 17.9 Å². The van der Waals surface area contributed by atoms with Gasteiger partial charge in [0.15, 0.2) is 0 Å². The zero-order valence-corrected chi connectivity index (χ0v) is 13.0. The zero-order chi connectivity index (χ0) is 15.1. The molecule has 2 saturated heterocycles. The highest BCUT2D eigenvalue weighted by atomic mass is 16.5. The van der Waals surface area contributed by atoms with Gasteiger partial charge in [-0.15, -0.1) is 0 Å². The number of nitrogens with one attached hydrogen (secondary N) is 1. The summed E-state index contributed by atoms with van der Waals surface area (Å²) in [5, 5.41) is 3.17. The highest BCUT2D eigenvalue weighted by molar-refractivity contribution is 5.81. The Balaban J connectivity index is 1.64. The third-order valence-corrected chi connectivity index (χ3v) is 4.19. The van der Waals surface area contributed by atoms with Gasteiger partial charge in [0.05, 0.1) is 19.3 Å². The van der Waals surface area contributed by atoms with E-state index in [0.29, 0.717) is 39.3 Å². The summed E-state index contributed by atoms with van der Waals surface area (Å²) in [6.07, 6.45) is 3.93. The Kier molecular flexibility index (Phi) is 6.45. The van der Waals surface area contributed by atoms with Crippen molar-refractivity contribution in [2.75, 3.05) is 45.9 Å². The summed E-state index contributed by atoms with van der Waals surface area (Å²) in [5.41, 5.74) is 0. The Hall–Kier alpha value is -1.14. The molecule has 0 aromatic heterocycles. The average molecular weight is 297 g/mol. The molecule has 120 valence electrons. The SMILES string of the molecule is CC(NCCC(=O)N1CCCCC1)C(=O)N1CCOCC1. The third kappa shape index (κ3) is 4.97. The van der Waals surface area contributed by atoms with Crippen LogP contribution < -0.4 is 5.32 Å². The van der Waals surface area contributed by atoms with E-state index in [2.05, 4.69) is 5.32 Å². The van der Waals surface area contributed by atoms with Crippen molar-refractivity contribution in [2.24, 2.45) is 0 Å². The molecule has 2 fully saturated rings. The predicted octanol–water partition coefficient (Wildman–Crippen LogP) is 0.226. The number of piperidine rings is 1. The van der Waals surface area contributed by atoms with E-state index < -0.39 is 0 Å². The van der Waals surface area contributed by atoms with Crippen LogP contribution in [0.2, 0.25) is 0 Å². The van der Waals surface area contributed by atoms with Crippen LogP contribution in [0.1, 0.15) is 32.6 Å². The van der Waals surface area contributed by atoms with Crippen molar-refractivity contribution in [3.05, 3.63) is 0 Å². The van der Waals surface area contributed by atoms with E-state index in [4.69, 9.17) is 4.74 Å². The molecule has 0 radical (unpaired) electrons. The molecule has 0 aromatic rings. The first-order valence-corrected chi connectivity index (χ1v) is 8.06. The van der Waals surface area contributed by atoms with Gasteiger partial charge < -0.3 is 19.9 Å². The summed E-state index contributed by atoms with van der Waals surface area (Å²) in [6.45, 7) is 6.77. The van der Waals surface area contributed by atoms with Gasteiger partial charge in [-0.3, -0.25) is 9.59 Å². The van der Waals surface area contributed by atoms with Crippen molar-refractivity contribution in [3.63, 3.8) is 0 Å². The molecular formula is C15H27N3O3. The molecule has 1 N–H and O–H groups in total. The van der Waals surface area contributed by atoms with Crippen LogP contribution >= 0.6 is 0 Å². The Labute approximate surface area is 126 Å². The van der Waals surface area contributed by atoms with E-state index in [0.717, 1.165) is 25.9 Å². The van der Waals surface area contributed by atoms with E-state index in [1.54, 1.807) is 0 Å². The number of ether oxygens (including phenoxy) is 1. The molecule has 2 heterocycles. The van der Waals surface area contributed by atoms with Gasteiger partial charge in [0.1, 0.15) is 0 Å². The molecule has 1 atom stereocenters. The fourth-order valence-corrected chi connectivity index (χ4v) is 2.84. The molecule has 2 aliphatic heterocycles. The first kappa shape index (κ1) is 16.2. The third-order valence-electron chi connectivity index (χ3n) is 4.19. The summed E-state index contributed by atoms with van der Waals surface area (Å²) >= 11 is 0. The summed E-state index contributed by atoms with van der Waals surface area (Å²) < 4.78 is 5.24. The van der Waals surface area contributed by atoms with Crippen LogP contribution in [-0.2, 0) is 14.3 Å². The molecule has 2 amide bonds. The summed E-state index contributed by atoms with van der Waals surface area (Å²) in [4.78, 5) is 28.0. The first-order chi connectivity index (χ1) is 10.2. The van der Waals surface area contributed by atoms with E-state index in [1.165, 1.54) is 6.42 Å². The molecule has 0 spiro atoms. The van der Waals surface area contributed by atoms with Crippen molar-refractivity contribution in [1.29, 1.82) is 0 Å². The lowest BCUT2D eigenvalue weighted by atomic mass is 10.1. The van der Waals surface area contributed by atoms with Crippen molar-refractivity contribution < 1.29 is 14.3 Å². The van der Waals surface area contributed by atoms with Crippen LogP contribution in [0.5, 0.6) is 0 Å². The quantitative estimate of drug-likeness (QED) is 0.789. The fourth-order valence-electron chi connectivity index (χ4n) is 2.84. The molecule has 0 bridgehead atoms. The molecule has 0 aromatic carbocycles. The van der Waals surface area contributed by atoms with Crippen molar-refractivity contribution in [1.82, 2.24) is 15.1 Å². The highest BCUT2D eigenvalue weighted by Crippen LogP contribution is 2.09. The van der Waals surface area contributed by atoms with Gasteiger partial charge in [0, 0.05) is 39.1 Å². The van der Waals surface area contributed by atoms with Gasteiger partial charge in [-0.1, -0.05) is 0 Å². The maximum absolute atomic E-state index is 12.2. The number of nitrogens with zero attached hydrogens (tertiary/aromatic N) is 2. The molecule has 21 heavy (non-hydrogen) atoms. The minimum Gasteiger partial charge on any atom is -0.378 e. The number of hydrogen-bond donors (Lipinski definition) is 1. The second-order valence-corrected chi connectivity index (χ2v) is 5.80. The maximum Gasteiger partial charge on any atom is 0.239 e. The molecule has 2 aliphatic rings. The predicted molar refractivity (Wildman–Crippen MR) is 79.9 cm³/mol. The summed E-state index contributed by atoms with van der Waals surface area (Å²) in [7, 11) is 0. The van der Waals surface area contributed by atoms with Gasteiger partial charge in [-0.25, -0.2) is 0 Å². The molecule has 6 heteroatoms. The van der Waals surface area contributed by atoms with Gasteiger partial charge in [-0.05, 0) is 26.2 Å². The molecular weight excluding hydrogens is 270 g/mol. The number of hydrogen-bond acceptors (Lipinski definition) is 4. The van der Waals surface area contributed by atoms with Crippen LogP contribution in [0.15, 0.2) is 0 Å². The first-order valence-electron chi connectivity index (χ1n) is 8.06. The minimum absolute atomic E-state index is 0.101. The average Bonchev–Trinajstić information content (AvgIpc) is 2.55. The number of carbonyl (C=O) groups excluding carboxylic acids is 2. The molecule has 0 aliphatic carbocycles. The topological polar surface area (TPSA) is 61.9 Å². The summed E-state index contributed by atoms with van der Waals surface area (Å²) in [6, 6.07) is -0.239. The Morgan fingerprint density at radius 1 is 1.05 bits per heavy atom. The molecule has 2 rings (SSSR count). The number of likely N-dealkylation sites (tertiary alicyclic amines) is 1. The Morgan fingerprint density at radius 2 is 1.71 bits per heavy atom. The number of amides is 2. The summed E-state index contributed by atoms with van der Waals surface area (Å²) in [5.74, 6) is 0.303. The van der Waals surface area contributed by atoms with Crippen LogP contribution in [0, 0.1) is 0 Å². The second-order valence-electron chi connectivity index (χ2n) is 5.80. The van der Waals surface area contributed by atoms with Gasteiger partial charge in [0.2, 0.25) is 11.8 Å². The fraction of sp³-hybridized carbons (Fsp3) is 0.867. The second kappa shape index (κ2) is 8.34.